The van der Waals surface area contributed by atoms with Crippen molar-refractivity contribution in [3.05, 3.63) is 63.1 Å². The van der Waals surface area contributed by atoms with E-state index in [-0.39, 0.29) is 33.9 Å². The largest absolute Gasteiger partial charge is 0.507 e. The van der Waals surface area contributed by atoms with E-state index in [0.29, 0.717) is 56.0 Å². The van der Waals surface area contributed by atoms with Gasteiger partial charge in [-0.3, -0.25) is 9.69 Å². The third kappa shape index (κ3) is 4.54. The Morgan fingerprint density at radius 2 is 2.03 bits per heavy atom. The van der Waals surface area contributed by atoms with Gasteiger partial charge in [0.2, 0.25) is 5.78 Å². The highest BCUT2D eigenvalue weighted by Gasteiger charge is 2.34. The van der Waals surface area contributed by atoms with Gasteiger partial charge in [0, 0.05) is 38.3 Å². The van der Waals surface area contributed by atoms with E-state index in [2.05, 4.69) is 4.90 Å². The summed E-state index contributed by atoms with van der Waals surface area (Å²) in [7, 11) is 0. The lowest BCUT2D eigenvalue weighted by atomic mass is 9.99. The first-order valence-electron chi connectivity index (χ1n) is 10.7. The number of nitrogens with zero attached hydrogens (tertiary/aromatic N) is 2. The number of phenols is 1. The molecule has 2 aromatic rings. The second-order valence-corrected chi connectivity index (χ2v) is 8.34. The lowest BCUT2D eigenvalue weighted by molar-refractivity contribution is 0.0774. The molecule has 2 aromatic carbocycles. The average molecular weight is 475 g/mol. The third-order valence-electron chi connectivity index (χ3n) is 5.78. The Bertz CT molecular complexity index is 1120. The van der Waals surface area contributed by atoms with Gasteiger partial charge in [-0.05, 0) is 43.7 Å². The maximum absolute atomic E-state index is 14.2. The van der Waals surface area contributed by atoms with Crippen molar-refractivity contribution in [3.8, 4) is 11.5 Å². The number of allylic oxidation sites excluding steroid dienone is 1. The highest BCUT2D eigenvalue weighted by atomic mass is 35.5. The van der Waals surface area contributed by atoms with E-state index in [4.69, 9.17) is 21.1 Å². The minimum Gasteiger partial charge on any atom is -0.507 e. The van der Waals surface area contributed by atoms with E-state index < -0.39 is 11.6 Å². The summed E-state index contributed by atoms with van der Waals surface area (Å²) in [6, 6.07) is 5.79. The Hall–Kier alpha value is -3.10. The molecule has 7 nitrogen and oxygen atoms in total. The minimum atomic E-state index is -0.568. The van der Waals surface area contributed by atoms with Gasteiger partial charge in [-0.2, -0.15) is 0 Å². The maximum Gasteiger partial charge on any atom is 0.409 e. The molecule has 0 atom stereocenters. The predicted molar refractivity (Wildman–Crippen MR) is 121 cm³/mol. The van der Waals surface area contributed by atoms with Crippen LogP contribution in [-0.4, -0.2) is 59.6 Å². The zero-order valence-corrected chi connectivity index (χ0v) is 19.1. The first-order chi connectivity index (χ1) is 15.8. The number of fused-ring (bicyclic) bond motifs is 1. The van der Waals surface area contributed by atoms with Crippen molar-refractivity contribution < 1.29 is 28.6 Å². The number of carbonyl (C=O) groups excluding carboxylic acids is 2. The highest BCUT2D eigenvalue weighted by Crippen LogP contribution is 2.42. The Morgan fingerprint density at radius 1 is 1.30 bits per heavy atom. The monoisotopic (exact) mass is 474 g/mol. The molecule has 0 bridgehead atoms. The quantitative estimate of drug-likeness (QED) is 0.662. The summed E-state index contributed by atoms with van der Waals surface area (Å²) < 4.78 is 25.2. The average Bonchev–Trinajstić information content (AvgIpc) is 3.11. The number of aryl methyl sites for hydroxylation is 1. The van der Waals surface area contributed by atoms with Gasteiger partial charge in [-0.1, -0.05) is 17.7 Å². The Labute approximate surface area is 195 Å². The number of amides is 1. The highest BCUT2D eigenvalue weighted by molar-refractivity contribution is 6.32. The van der Waals surface area contributed by atoms with E-state index in [0.717, 1.165) is 0 Å². The molecule has 2 aliphatic heterocycles. The lowest BCUT2D eigenvalue weighted by Gasteiger charge is -2.34. The summed E-state index contributed by atoms with van der Waals surface area (Å²) in [4.78, 5) is 28.7. The van der Waals surface area contributed by atoms with E-state index in [9.17, 15) is 19.1 Å². The molecular formula is C24H24ClFN2O5. The number of ether oxygens (including phenoxy) is 2. The van der Waals surface area contributed by atoms with Crippen LogP contribution >= 0.6 is 11.6 Å². The van der Waals surface area contributed by atoms with Crippen molar-refractivity contribution in [2.45, 2.75) is 20.4 Å². The van der Waals surface area contributed by atoms with Crippen LogP contribution in [0.4, 0.5) is 9.18 Å². The fourth-order valence-corrected chi connectivity index (χ4v) is 4.26. The number of benzene rings is 2. The fraction of sp³-hybridized carbons (Fsp3) is 0.333. The van der Waals surface area contributed by atoms with E-state index in [1.54, 1.807) is 18.7 Å². The molecule has 0 radical (unpaired) electrons. The number of halogens is 2. The smallest absolute Gasteiger partial charge is 0.409 e. The zero-order chi connectivity index (χ0) is 23.7. The van der Waals surface area contributed by atoms with Crippen molar-refractivity contribution in [2.75, 3.05) is 32.8 Å². The van der Waals surface area contributed by atoms with Crippen LogP contribution in [0.5, 0.6) is 11.5 Å². The number of phenolic OH excluding ortho intramolecular Hbond substituents is 1. The molecule has 0 spiro atoms. The molecule has 9 heteroatoms. The van der Waals surface area contributed by atoms with Gasteiger partial charge < -0.3 is 19.5 Å². The summed E-state index contributed by atoms with van der Waals surface area (Å²) in [5.74, 6) is -0.739. The topological polar surface area (TPSA) is 79.3 Å². The molecule has 2 aliphatic rings. The Morgan fingerprint density at radius 3 is 2.70 bits per heavy atom. The van der Waals surface area contributed by atoms with Crippen molar-refractivity contribution >= 4 is 29.6 Å². The summed E-state index contributed by atoms with van der Waals surface area (Å²) in [5.41, 5.74) is 1.43. The van der Waals surface area contributed by atoms with Gasteiger partial charge in [0.15, 0.2) is 5.76 Å². The summed E-state index contributed by atoms with van der Waals surface area (Å²) in [6.07, 6.45) is 0.949. The van der Waals surface area contributed by atoms with E-state index in [1.807, 2.05) is 0 Å². The van der Waals surface area contributed by atoms with Gasteiger partial charge in [0.05, 0.1) is 22.8 Å². The zero-order valence-electron chi connectivity index (χ0n) is 18.4. The molecule has 0 saturated carbocycles. The predicted octanol–water partition coefficient (Wildman–Crippen LogP) is 4.38. The SMILES string of the molecule is CCOC(=O)N1CCN(Cc2c(O)cc(C)c3c2O/C(=C/c2c(F)cccc2Cl)C3=O)CC1. The molecule has 1 N–H and O–H groups in total. The number of hydrogen-bond acceptors (Lipinski definition) is 6. The molecule has 0 aliphatic carbocycles. The molecule has 1 fully saturated rings. The van der Waals surface area contributed by atoms with Crippen molar-refractivity contribution in [2.24, 2.45) is 0 Å². The second kappa shape index (κ2) is 9.41. The van der Waals surface area contributed by atoms with Gasteiger partial charge >= 0.3 is 6.09 Å². The Balaban J connectivity index is 1.59. The van der Waals surface area contributed by atoms with E-state index >= 15 is 0 Å². The Kier molecular flexibility index (Phi) is 6.58. The molecule has 174 valence electrons. The van der Waals surface area contributed by atoms with Crippen LogP contribution in [0.25, 0.3) is 6.08 Å². The summed E-state index contributed by atoms with van der Waals surface area (Å²) >= 11 is 6.10. The van der Waals surface area contributed by atoms with Crippen LogP contribution in [-0.2, 0) is 11.3 Å². The molecule has 2 heterocycles. The number of Topliss-reactive ketones (excluding diaryl/α,β-unsaturated/α-hetero) is 1. The van der Waals surface area contributed by atoms with Crippen LogP contribution in [0.2, 0.25) is 5.02 Å². The van der Waals surface area contributed by atoms with Crippen LogP contribution in [0, 0.1) is 12.7 Å². The van der Waals surface area contributed by atoms with Crippen molar-refractivity contribution in [1.29, 1.82) is 0 Å². The number of ketones is 1. The molecule has 4 rings (SSSR count). The molecule has 1 saturated heterocycles. The standard InChI is InChI=1S/C24H24ClFN2O5/c1-3-32-24(31)28-9-7-27(8-10-28)13-16-19(29)11-14(2)21-22(30)20(33-23(16)21)12-15-17(25)5-4-6-18(15)26/h4-6,11-12,29H,3,7-10,13H2,1-2H3/b20-12+. The number of piperazine rings is 1. The number of hydrogen-bond donors (Lipinski definition) is 1. The first kappa shape index (κ1) is 23.1. The molecule has 0 aromatic heterocycles. The van der Waals surface area contributed by atoms with Crippen LogP contribution in [0.1, 0.15) is 34.0 Å². The summed E-state index contributed by atoms with van der Waals surface area (Å²) in [6.45, 7) is 6.24. The van der Waals surface area contributed by atoms with Crippen LogP contribution in [0.3, 0.4) is 0 Å². The maximum atomic E-state index is 14.2. The second-order valence-electron chi connectivity index (χ2n) is 7.93. The first-order valence-corrected chi connectivity index (χ1v) is 11.1. The fourth-order valence-electron chi connectivity index (χ4n) is 4.04. The van der Waals surface area contributed by atoms with Gasteiger partial charge in [-0.15, -0.1) is 0 Å². The van der Waals surface area contributed by atoms with E-state index in [1.165, 1.54) is 30.3 Å². The normalized spacial score (nSPS) is 17.3. The number of carbonyl (C=O) groups is 2. The molecule has 1 amide bonds. The van der Waals surface area contributed by atoms with Crippen LogP contribution in [0.15, 0.2) is 30.0 Å². The van der Waals surface area contributed by atoms with Crippen molar-refractivity contribution in [1.82, 2.24) is 9.80 Å². The number of rotatable bonds is 4. The van der Waals surface area contributed by atoms with Gasteiger partial charge in [0.25, 0.3) is 0 Å². The molecule has 33 heavy (non-hydrogen) atoms. The summed E-state index contributed by atoms with van der Waals surface area (Å²) in [5, 5.41) is 10.8. The minimum absolute atomic E-state index is 0.0112. The van der Waals surface area contributed by atoms with Gasteiger partial charge in [0.1, 0.15) is 17.3 Å². The number of aromatic hydroxyl groups is 1. The van der Waals surface area contributed by atoms with Gasteiger partial charge in [-0.25, -0.2) is 9.18 Å². The lowest BCUT2D eigenvalue weighted by Crippen LogP contribution is -2.48. The van der Waals surface area contributed by atoms with Crippen LogP contribution < -0.4 is 4.74 Å². The third-order valence-corrected chi connectivity index (χ3v) is 6.11. The molecule has 0 unspecified atom stereocenters. The van der Waals surface area contributed by atoms with Crippen molar-refractivity contribution in [3.63, 3.8) is 0 Å². The molecular weight excluding hydrogens is 451 g/mol.